The number of hydrogen-bond donors (Lipinski definition) is 1. The predicted octanol–water partition coefficient (Wildman–Crippen LogP) is 5.23. The van der Waals surface area contributed by atoms with Crippen LogP contribution in [0.2, 0.25) is 0 Å². The lowest BCUT2D eigenvalue weighted by molar-refractivity contribution is 0.104. The highest BCUT2D eigenvalue weighted by atomic mass is 79.9. The second-order valence-electron chi connectivity index (χ2n) is 6.86. The molecule has 0 unspecified atom stereocenters. The highest BCUT2D eigenvalue weighted by molar-refractivity contribution is 9.10. The number of benzene rings is 1. The molecule has 3 aromatic rings. The second-order valence-corrected chi connectivity index (χ2v) is 7.78. The number of carbonyl (C=O) groups excluding carboxylic acids is 1. The molecule has 28 heavy (non-hydrogen) atoms. The van der Waals surface area contributed by atoms with Gasteiger partial charge in [-0.05, 0) is 30.7 Å². The van der Waals surface area contributed by atoms with Crippen molar-refractivity contribution in [3.8, 4) is 11.3 Å². The van der Waals surface area contributed by atoms with Gasteiger partial charge in [-0.1, -0.05) is 47.5 Å². The first-order valence-corrected chi connectivity index (χ1v) is 10.2. The van der Waals surface area contributed by atoms with Gasteiger partial charge in [0.2, 0.25) is 0 Å². The maximum atomic E-state index is 13.1. The summed E-state index contributed by atoms with van der Waals surface area (Å²) in [4.78, 5) is 14.9. The largest absolute Gasteiger partial charge is 0.383 e. The van der Waals surface area contributed by atoms with Gasteiger partial charge in [0.15, 0.2) is 5.78 Å². The zero-order chi connectivity index (χ0) is 20.1. The van der Waals surface area contributed by atoms with Gasteiger partial charge in [-0.3, -0.25) is 4.79 Å². The number of ketones is 1. The Labute approximate surface area is 174 Å². The van der Waals surface area contributed by atoms with Crippen molar-refractivity contribution in [2.45, 2.75) is 19.8 Å². The van der Waals surface area contributed by atoms with Gasteiger partial charge in [0, 0.05) is 43.0 Å². The predicted molar refractivity (Wildman–Crippen MR) is 119 cm³/mol. The van der Waals surface area contributed by atoms with Crippen LogP contribution >= 0.6 is 15.9 Å². The third kappa shape index (κ3) is 4.44. The lowest BCUT2D eigenvalue weighted by Gasteiger charge is -2.07. The summed E-state index contributed by atoms with van der Waals surface area (Å²) in [5.74, 6) is 0.826. The van der Waals surface area contributed by atoms with E-state index in [2.05, 4.69) is 28.2 Å². The number of pyridine rings is 1. The van der Waals surface area contributed by atoms with E-state index in [1.165, 1.54) is 0 Å². The fourth-order valence-corrected chi connectivity index (χ4v) is 3.21. The van der Waals surface area contributed by atoms with E-state index in [1.54, 1.807) is 12.3 Å². The number of rotatable bonds is 8. The average molecular weight is 441 g/mol. The summed E-state index contributed by atoms with van der Waals surface area (Å²) >= 11 is 3.47. The fraction of sp³-hybridized carbons (Fsp3) is 0.273. The summed E-state index contributed by atoms with van der Waals surface area (Å²) in [6.45, 7) is 3.03. The summed E-state index contributed by atoms with van der Waals surface area (Å²) in [5.41, 5.74) is 3.01. The van der Waals surface area contributed by atoms with Gasteiger partial charge in [0.05, 0.1) is 11.1 Å². The monoisotopic (exact) mass is 440 g/mol. The fourth-order valence-electron chi connectivity index (χ4n) is 2.95. The molecule has 0 fully saturated rings. The van der Waals surface area contributed by atoms with E-state index < -0.39 is 0 Å². The van der Waals surface area contributed by atoms with Crippen LogP contribution < -0.4 is 5.32 Å². The SMILES string of the molecule is CCCCNc1cccc2c(C(=O)/C=C/N(C)C)c(-c3ccc(Br)cc3)nn12. The minimum Gasteiger partial charge on any atom is -0.383 e. The Morgan fingerprint density at radius 2 is 1.96 bits per heavy atom. The summed E-state index contributed by atoms with van der Waals surface area (Å²) in [6.07, 6.45) is 5.55. The quantitative estimate of drug-likeness (QED) is 0.295. The third-order valence-corrected chi connectivity index (χ3v) is 4.91. The van der Waals surface area contributed by atoms with Crippen molar-refractivity contribution < 1.29 is 4.79 Å². The molecule has 146 valence electrons. The molecule has 0 amide bonds. The highest BCUT2D eigenvalue weighted by Gasteiger charge is 2.20. The highest BCUT2D eigenvalue weighted by Crippen LogP contribution is 2.30. The number of unbranched alkanes of at least 4 members (excludes halogenated alkanes) is 1. The maximum absolute atomic E-state index is 13.1. The summed E-state index contributed by atoms with van der Waals surface area (Å²) in [7, 11) is 3.79. The van der Waals surface area contributed by atoms with Gasteiger partial charge in [-0.15, -0.1) is 0 Å². The summed E-state index contributed by atoms with van der Waals surface area (Å²) in [5, 5.41) is 8.24. The van der Waals surface area contributed by atoms with Gasteiger partial charge in [0.25, 0.3) is 0 Å². The minimum absolute atomic E-state index is 0.0627. The van der Waals surface area contributed by atoms with Gasteiger partial charge >= 0.3 is 0 Å². The molecule has 0 aliphatic carbocycles. The topological polar surface area (TPSA) is 49.6 Å². The van der Waals surface area contributed by atoms with Crippen molar-refractivity contribution in [1.82, 2.24) is 14.5 Å². The molecular formula is C22H25BrN4O. The van der Waals surface area contributed by atoms with Crippen molar-refractivity contribution >= 4 is 33.0 Å². The zero-order valence-corrected chi connectivity index (χ0v) is 18.0. The van der Waals surface area contributed by atoms with E-state index in [4.69, 9.17) is 5.10 Å². The van der Waals surface area contributed by atoms with Crippen molar-refractivity contribution in [3.05, 3.63) is 64.8 Å². The van der Waals surface area contributed by atoms with Crippen LogP contribution in [0.25, 0.3) is 16.8 Å². The van der Waals surface area contributed by atoms with Crippen molar-refractivity contribution in [2.75, 3.05) is 26.0 Å². The number of aromatic nitrogens is 2. The van der Waals surface area contributed by atoms with E-state index in [0.717, 1.165) is 40.8 Å². The first-order valence-electron chi connectivity index (χ1n) is 9.41. The number of fused-ring (bicyclic) bond motifs is 1. The Morgan fingerprint density at radius 3 is 2.64 bits per heavy atom. The molecule has 0 aliphatic heterocycles. The van der Waals surface area contributed by atoms with E-state index in [1.807, 2.05) is 66.0 Å². The summed E-state index contributed by atoms with van der Waals surface area (Å²) in [6, 6.07) is 13.8. The first kappa shape index (κ1) is 20.1. The van der Waals surface area contributed by atoms with Crippen LogP contribution in [-0.2, 0) is 0 Å². The molecule has 0 aliphatic rings. The van der Waals surface area contributed by atoms with Gasteiger partial charge in [0.1, 0.15) is 11.5 Å². The molecule has 0 saturated carbocycles. The molecule has 0 saturated heterocycles. The van der Waals surface area contributed by atoms with Crippen LogP contribution in [0, 0.1) is 0 Å². The molecule has 0 atom stereocenters. The van der Waals surface area contributed by atoms with Crippen molar-refractivity contribution in [1.29, 1.82) is 0 Å². The lowest BCUT2D eigenvalue weighted by Crippen LogP contribution is -2.06. The number of carbonyl (C=O) groups is 1. The molecule has 2 aromatic heterocycles. The number of nitrogens with one attached hydrogen (secondary N) is 1. The van der Waals surface area contributed by atoms with E-state index in [-0.39, 0.29) is 5.78 Å². The smallest absolute Gasteiger partial charge is 0.191 e. The normalized spacial score (nSPS) is 11.3. The molecule has 0 radical (unpaired) electrons. The van der Waals surface area contributed by atoms with Crippen LogP contribution in [-0.4, -0.2) is 40.9 Å². The molecule has 2 heterocycles. The van der Waals surface area contributed by atoms with E-state index >= 15 is 0 Å². The van der Waals surface area contributed by atoms with Crippen LogP contribution in [0.15, 0.2) is 59.2 Å². The first-order chi connectivity index (χ1) is 13.5. The molecule has 5 nitrogen and oxygen atoms in total. The molecule has 0 bridgehead atoms. The van der Waals surface area contributed by atoms with E-state index in [9.17, 15) is 4.79 Å². The number of nitrogens with zero attached hydrogens (tertiary/aromatic N) is 3. The molecular weight excluding hydrogens is 416 g/mol. The van der Waals surface area contributed by atoms with Crippen LogP contribution in [0.5, 0.6) is 0 Å². The molecule has 3 rings (SSSR count). The van der Waals surface area contributed by atoms with Gasteiger partial charge < -0.3 is 10.2 Å². The molecule has 6 heteroatoms. The van der Waals surface area contributed by atoms with Crippen LogP contribution in [0.3, 0.4) is 0 Å². The molecule has 1 N–H and O–H groups in total. The Kier molecular flexibility index (Phi) is 6.52. The summed E-state index contributed by atoms with van der Waals surface area (Å²) < 4.78 is 2.83. The average Bonchev–Trinajstić information content (AvgIpc) is 3.07. The Hall–Kier alpha value is -2.60. The van der Waals surface area contributed by atoms with Crippen molar-refractivity contribution in [2.24, 2.45) is 0 Å². The zero-order valence-electron chi connectivity index (χ0n) is 16.4. The lowest BCUT2D eigenvalue weighted by atomic mass is 10.0. The van der Waals surface area contributed by atoms with Crippen molar-refractivity contribution in [3.63, 3.8) is 0 Å². The van der Waals surface area contributed by atoms with Gasteiger partial charge in [-0.25, -0.2) is 4.52 Å². The maximum Gasteiger partial charge on any atom is 0.191 e. The molecule has 1 aromatic carbocycles. The molecule has 0 spiro atoms. The number of anilines is 1. The number of hydrogen-bond acceptors (Lipinski definition) is 4. The van der Waals surface area contributed by atoms with Gasteiger partial charge in [-0.2, -0.15) is 5.10 Å². The minimum atomic E-state index is -0.0627. The second kappa shape index (κ2) is 9.06. The van der Waals surface area contributed by atoms with Crippen LogP contribution in [0.1, 0.15) is 30.1 Å². The number of halogens is 1. The van der Waals surface area contributed by atoms with Crippen LogP contribution in [0.4, 0.5) is 5.82 Å². The standard InChI is InChI=1S/C22H25BrN4O/c1-4-5-14-24-20-8-6-7-18-21(19(28)13-15-26(2)3)22(25-27(18)20)16-9-11-17(23)12-10-16/h6-13,15,24H,4-5,14H2,1-3H3/b15-13+. The van der Waals surface area contributed by atoms with E-state index in [0.29, 0.717) is 11.3 Å². The third-order valence-electron chi connectivity index (χ3n) is 4.38. The Balaban J connectivity index is 2.15. The Bertz CT molecular complexity index is 990. The Morgan fingerprint density at radius 1 is 1.21 bits per heavy atom. The number of allylic oxidation sites excluding steroid dienone is 1.